The van der Waals surface area contributed by atoms with Gasteiger partial charge in [0.2, 0.25) is 6.29 Å². The van der Waals surface area contributed by atoms with Crippen molar-refractivity contribution in [3.63, 3.8) is 0 Å². The average Bonchev–Trinajstić information content (AvgIpc) is 2.14. The molecule has 0 unspecified atom stereocenters. The number of halogens is 3. The summed E-state index contributed by atoms with van der Waals surface area (Å²) in [5, 5.41) is 0. The molecule has 0 fully saturated rings. The van der Waals surface area contributed by atoms with Crippen molar-refractivity contribution in [3.05, 3.63) is 42.0 Å². The third-order valence-corrected chi connectivity index (χ3v) is 1.59. The predicted octanol–water partition coefficient (Wildman–Crippen LogP) is 2.74. The zero-order valence-corrected chi connectivity index (χ0v) is 7.01. The van der Waals surface area contributed by atoms with E-state index in [1.54, 1.807) is 6.07 Å². The van der Waals surface area contributed by atoms with Gasteiger partial charge in [0, 0.05) is 6.08 Å². The lowest BCUT2D eigenvalue weighted by Gasteiger charge is -2.10. The molecular weight excluding hydrogens is 193 g/mol. The van der Waals surface area contributed by atoms with Crippen LogP contribution in [0, 0.1) is 0 Å². The molecule has 0 N–H and O–H groups in total. The van der Waals surface area contributed by atoms with Crippen molar-refractivity contribution in [3.8, 4) is 0 Å². The van der Waals surface area contributed by atoms with E-state index >= 15 is 0 Å². The zero-order chi connectivity index (χ0) is 10.6. The largest absolute Gasteiger partial charge is 0.417 e. The number of rotatable bonds is 2. The fourth-order valence-corrected chi connectivity index (χ4v) is 1.01. The van der Waals surface area contributed by atoms with Gasteiger partial charge in [-0.15, -0.1) is 0 Å². The standard InChI is InChI=1S/C10H6F3O/c11-10(12,13)9(6-7-14)8-4-2-1-3-5-8/h1-6H. The number of hydrogen-bond acceptors (Lipinski definition) is 1. The highest BCUT2D eigenvalue weighted by Crippen LogP contribution is 2.32. The van der Waals surface area contributed by atoms with Crippen molar-refractivity contribution in [1.82, 2.24) is 0 Å². The van der Waals surface area contributed by atoms with Crippen LogP contribution in [0.5, 0.6) is 0 Å². The zero-order valence-electron chi connectivity index (χ0n) is 7.01. The van der Waals surface area contributed by atoms with E-state index < -0.39 is 11.7 Å². The van der Waals surface area contributed by atoms with Crippen LogP contribution in [-0.2, 0) is 4.79 Å². The highest BCUT2D eigenvalue weighted by atomic mass is 19.4. The summed E-state index contributed by atoms with van der Waals surface area (Å²) in [6.07, 6.45) is -2.99. The van der Waals surface area contributed by atoms with Gasteiger partial charge in [-0.1, -0.05) is 30.3 Å². The first-order chi connectivity index (χ1) is 6.55. The van der Waals surface area contributed by atoms with Crippen LogP contribution in [0.3, 0.4) is 0 Å². The van der Waals surface area contributed by atoms with Crippen LogP contribution in [0.4, 0.5) is 13.2 Å². The molecule has 1 radical (unpaired) electrons. The molecule has 1 rings (SSSR count). The van der Waals surface area contributed by atoms with Crippen LogP contribution in [0.25, 0.3) is 5.57 Å². The van der Waals surface area contributed by atoms with E-state index in [2.05, 4.69) is 0 Å². The van der Waals surface area contributed by atoms with Crippen LogP contribution < -0.4 is 0 Å². The first-order valence-electron chi connectivity index (χ1n) is 3.76. The topological polar surface area (TPSA) is 17.1 Å². The lowest BCUT2D eigenvalue weighted by atomic mass is 10.1. The fourth-order valence-electron chi connectivity index (χ4n) is 1.01. The van der Waals surface area contributed by atoms with Crippen molar-refractivity contribution >= 4 is 11.9 Å². The molecule has 0 aromatic heterocycles. The predicted molar refractivity (Wildman–Crippen MR) is 46.2 cm³/mol. The maximum atomic E-state index is 12.3. The molecule has 0 saturated carbocycles. The summed E-state index contributed by atoms with van der Waals surface area (Å²) in [6, 6.07) is 7.12. The minimum absolute atomic E-state index is 0.0386. The molecule has 0 aliphatic carbocycles. The molecule has 0 aliphatic heterocycles. The summed E-state index contributed by atoms with van der Waals surface area (Å²) >= 11 is 0. The van der Waals surface area contributed by atoms with Gasteiger partial charge >= 0.3 is 6.18 Å². The van der Waals surface area contributed by atoms with E-state index in [-0.39, 0.29) is 5.56 Å². The summed E-state index contributed by atoms with van der Waals surface area (Å²) in [6.45, 7) is 0. The van der Waals surface area contributed by atoms with Crippen LogP contribution in [0.1, 0.15) is 5.56 Å². The highest BCUT2D eigenvalue weighted by Gasteiger charge is 2.34. The highest BCUT2D eigenvalue weighted by molar-refractivity contribution is 5.84. The molecule has 0 bridgehead atoms. The summed E-state index contributed by atoms with van der Waals surface area (Å²) in [5.74, 6) is 0. The number of carbonyl (C=O) groups excluding carboxylic acids is 1. The fraction of sp³-hybridized carbons (Fsp3) is 0.100. The van der Waals surface area contributed by atoms with Gasteiger partial charge in [0.05, 0.1) is 5.57 Å². The second-order valence-corrected chi connectivity index (χ2v) is 2.54. The molecule has 4 heteroatoms. The molecular formula is C10H6F3O. The second-order valence-electron chi connectivity index (χ2n) is 2.54. The van der Waals surface area contributed by atoms with E-state index in [4.69, 9.17) is 0 Å². The molecule has 1 nitrogen and oxygen atoms in total. The monoisotopic (exact) mass is 199 g/mol. The first-order valence-corrected chi connectivity index (χ1v) is 3.76. The van der Waals surface area contributed by atoms with E-state index in [0.717, 1.165) is 6.29 Å². The van der Waals surface area contributed by atoms with E-state index in [1.165, 1.54) is 24.3 Å². The Kier molecular flexibility index (Phi) is 3.06. The third kappa shape index (κ3) is 2.45. The van der Waals surface area contributed by atoms with Crippen molar-refractivity contribution in [2.24, 2.45) is 0 Å². The molecule has 0 spiro atoms. The Hall–Kier alpha value is -1.58. The minimum Gasteiger partial charge on any atom is -0.286 e. The van der Waals surface area contributed by atoms with Gasteiger partial charge in [0.25, 0.3) is 0 Å². The third-order valence-electron chi connectivity index (χ3n) is 1.59. The molecule has 0 aliphatic rings. The maximum Gasteiger partial charge on any atom is 0.417 e. The number of allylic oxidation sites excluding steroid dienone is 2. The Balaban J connectivity index is 3.15. The molecule has 0 amide bonds. The van der Waals surface area contributed by atoms with Crippen LogP contribution >= 0.6 is 0 Å². The van der Waals surface area contributed by atoms with Gasteiger partial charge in [-0.05, 0) is 5.56 Å². The summed E-state index contributed by atoms with van der Waals surface area (Å²) < 4.78 is 37.0. The summed E-state index contributed by atoms with van der Waals surface area (Å²) in [7, 11) is 0. The quantitative estimate of drug-likeness (QED) is 0.669. The Morgan fingerprint density at radius 2 is 1.79 bits per heavy atom. The number of hydrogen-bond donors (Lipinski definition) is 0. The van der Waals surface area contributed by atoms with E-state index in [9.17, 15) is 18.0 Å². The lowest BCUT2D eigenvalue weighted by molar-refractivity contribution is -0.0688. The van der Waals surface area contributed by atoms with Crippen molar-refractivity contribution in [1.29, 1.82) is 0 Å². The van der Waals surface area contributed by atoms with Gasteiger partial charge < -0.3 is 0 Å². The van der Waals surface area contributed by atoms with E-state index in [1.807, 2.05) is 0 Å². The van der Waals surface area contributed by atoms with Crippen LogP contribution in [0.2, 0.25) is 0 Å². The van der Waals surface area contributed by atoms with Crippen LogP contribution in [0.15, 0.2) is 36.4 Å². The average molecular weight is 199 g/mol. The van der Waals surface area contributed by atoms with Crippen LogP contribution in [-0.4, -0.2) is 12.5 Å². The van der Waals surface area contributed by atoms with Gasteiger partial charge in [0.15, 0.2) is 0 Å². The van der Waals surface area contributed by atoms with Crippen molar-refractivity contribution in [2.75, 3.05) is 0 Å². The molecule has 0 heterocycles. The number of benzene rings is 1. The minimum atomic E-state index is -4.53. The Morgan fingerprint density at radius 3 is 2.21 bits per heavy atom. The Labute approximate surface area is 78.9 Å². The number of alkyl halides is 3. The first kappa shape index (κ1) is 10.5. The smallest absolute Gasteiger partial charge is 0.286 e. The SMILES string of the molecule is O=[C]C=C(c1ccccc1)C(F)(F)F. The molecule has 73 valence electrons. The van der Waals surface area contributed by atoms with Crippen molar-refractivity contribution in [2.45, 2.75) is 6.18 Å². The van der Waals surface area contributed by atoms with Gasteiger partial charge in [-0.3, -0.25) is 4.79 Å². The molecule has 0 saturated heterocycles. The maximum absolute atomic E-state index is 12.3. The molecule has 1 aromatic carbocycles. The van der Waals surface area contributed by atoms with Crippen molar-refractivity contribution < 1.29 is 18.0 Å². The summed E-state index contributed by atoms with van der Waals surface area (Å²) in [5.41, 5.74) is -1.02. The van der Waals surface area contributed by atoms with E-state index in [0.29, 0.717) is 6.08 Å². The Bertz CT molecular complexity index is 338. The second kappa shape index (κ2) is 4.09. The summed E-state index contributed by atoms with van der Waals surface area (Å²) in [4.78, 5) is 9.93. The lowest BCUT2D eigenvalue weighted by Crippen LogP contribution is -2.10. The van der Waals surface area contributed by atoms with Gasteiger partial charge in [-0.25, -0.2) is 0 Å². The molecule has 14 heavy (non-hydrogen) atoms. The van der Waals surface area contributed by atoms with Gasteiger partial charge in [0.1, 0.15) is 0 Å². The molecule has 0 atom stereocenters. The van der Waals surface area contributed by atoms with Gasteiger partial charge in [-0.2, -0.15) is 13.2 Å². The Morgan fingerprint density at radius 1 is 1.21 bits per heavy atom. The molecule has 1 aromatic rings. The normalized spacial score (nSPS) is 12.6.